The molecule has 0 aliphatic heterocycles. The first-order valence-electron chi connectivity index (χ1n) is 14.2. The molecule has 0 saturated heterocycles. The van der Waals surface area contributed by atoms with Crippen LogP contribution in [0, 0.1) is 17.8 Å². The van der Waals surface area contributed by atoms with Crippen molar-refractivity contribution in [1.29, 1.82) is 0 Å². The molecule has 2 amide bonds. The highest BCUT2D eigenvalue weighted by Crippen LogP contribution is 2.48. The number of hydrogen-bond acceptors (Lipinski definition) is 8. The van der Waals surface area contributed by atoms with Crippen LogP contribution in [0.3, 0.4) is 0 Å². The first kappa shape index (κ1) is 31.0. The number of aromatic nitrogens is 2. The summed E-state index contributed by atoms with van der Waals surface area (Å²) in [6.45, 7) is 2.26. The van der Waals surface area contributed by atoms with Crippen LogP contribution in [0.5, 0.6) is 5.75 Å². The fraction of sp³-hybridized carbons (Fsp3) is 0.355. The summed E-state index contributed by atoms with van der Waals surface area (Å²) >= 11 is 0. The molecule has 1 heterocycles. The highest BCUT2D eigenvalue weighted by atomic mass is 19.4. The molecule has 13 heteroatoms. The second kappa shape index (κ2) is 14.3. The molecular formula is C31H32F3N5O5. The topological polar surface area (TPSA) is 124 Å². The summed E-state index contributed by atoms with van der Waals surface area (Å²) in [7, 11) is 0. The van der Waals surface area contributed by atoms with Gasteiger partial charge in [-0.2, -0.15) is 0 Å². The highest BCUT2D eigenvalue weighted by Gasteiger charge is 2.46. The van der Waals surface area contributed by atoms with E-state index in [1.54, 1.807) is 30.3 Å². The van der Waals surface area contributed by atoms with Crippen LogP contribution in [0.4, 0.5) is 24.7 Å². The molecule has 0 bridgehead atoms. The third-order valence-electron chi connectivity index (χ3n) is 7.30. The molecule has 1 aromatic heterocycles. The molecule has 5 rings (SSSR count). The minimum atomic E-state index is -4.76. The van der Waals surface area contributed by atoms with E-state index in [2.05, 4.69) is 42.8 Å². The van der Waals surface area contributed by atoms with E-state index in [0.29, 0.717) is 79.7 Å². The quantitative estimate of drug-likeness (QED) is 0.170. The van der Waals surface area contributed by atoms with Gasteiger partial charge in [0.25, 0.3) is 5.91 Å². The molecule has 0 radical (unpaired) electrons. The number of alkyl halides is 3. The number of nitrogens with zero attached hydrogens (tertiary/aromatic N) is 2. The second-order valence-corrected chi connectivity index (χ2v) is 10.3. The Kier molecular flexibility index (Phi) is 10.1. The number of hydrogen-bond donors (Lipinski definition) is 3. The maximum Gasteiger partial charge on any atom is 0.573 e. The molecule has 3 unspecified atom stereocenters. The number of ether oxygens (including phenoxy) is 3. The van der Waals surface area contributed by atoms with Gasteiger partial charge >= 0.3 is 6.36 Å². The predicted molar refractivity (Wildman–Crippen MR) is 155 cm³/mol. The fourth-order valence-electron chi connectivity index (χ4n) is 4.93. The second-order valence-electron chi connectivity index (χ2n) is 10.3. The first-order valence-corrected chi connectivity index (χ1v) is 14.2. The van der Waals surface area contributed by atoms with Gasteiger partial charge in [-0.05, 0) is 54.7 Å². The van der Waals surface area contributed by atoms with E-state index in [9.17, 15) is 22.8 Å². The fourth-order valence-corrected chi connectivity index (χ4v) is 4.93. The Morgan fingerprint density at radius 2 is 1.64 bits per heavy atom. The number of fused-ring (bicyclic) bond motifs is 1. The molecule has 3 N–H and O–H groups in total. The zero-order chi connectivity index (χ0) is 30.9. The number of halogens is 3. The predicted octanol–water partition coefficient (Wildman–Crippen LogP) is 4.49. The van der Waals surface area contributed by atoms with Crippen LogP contribution in [0.15, 0.2) is 73.1 Å². The minimum absolute atomic E-state index is 0.0983. The monoisotopic (exact) mass is 611 g/mol. The van der Waals surface area contributed by atoms with Gasteiger partial charge in [0.2, 0.25) is 5.91 Å². The zero-order valence-corrected chi connectivity index (χ0v) is 23.7. The molecule has 1 saturated carbocycles. The number of allylic oxidation sites excluding steroid dienone is 2. The van der Waals surface area contributed by atoms with Crippen molar-refractivity contribution >= 4 is 23.3 Å². The molecule has 10 nitrogen and oxygen atoms in total. The third kappa shape index (κ3) is 8.54. The summed E-state index contributed by atoms with van der Waals surface area (Å²) in [5.41, 5.74) is 2.16. The van der Waals surface area contributed by atoms with Crippen molar-refractivity contribution in [1.82, 2.24) is 20.6 Å². The standard InChI is InChI=1S/C31H32F3N5O5/c32-31(33,34)44-24-7-5-23(6-8-24)39-28-18-27(37-19-38-28)21-2-1-3-22(16-21)29(40)35-10-12-42-14-15-43-13-11-36-30(41)26-17-20-4-9-25(20)26/h1-9,16,18-20,25-26H,10-15,17H2,(H,35,40)(H,36,41)(H,37,38,39). The molecule has 44 heavy (non-hydrogen) atoms. The van der Waals surface area contributed by atoms with Crippen molar-refractivity contribution in [2.45, 2.75) is 12.8 Å². The van der Waals surface area contributed by atoms with Gasteiger partial charge < -0.3 is 30.2 Å². The van der Waals surface area contributed by atoms with E-state index >= 15 is 0 Å². The first-order chi connectivity index (χ1) is 21.2. The number of benzene rings is 2. The van der Waals surface area contributed by atoms with E-state index in [0.717, 1.165) is 6.42 Å². The van der Waals surface area contributed by atoms with E-state index in [4.69, 9.17) is 9.47 Å². The van der Waals surface area contributed by atoms with Crippen molar-refractivity contribution < 1.29 is 37.0 Å². The number of rotatable bonds is 15. The number of nitrogens with one attached hydrogen (secondary N) is 3. The van der Waals surface area contributed by atoms with E-state index in [1.807, 2.05) is 0 Å². The van der Waals surface area contributed by atoms with Crippen LogP contribution in [0.25, 0.3) is 11.3 Å². The Morgan fingerprint density at radius 1 is 0.886 bits per heavy atom. The van der Waals surface area contributed by atoms with E-state index in [-0.39, 0.29) is 23.5 Å². The van der Waals surface area contributed by atoms with Gasteiger partial charge in [0.05, 0.1) is 32.1 Å². The SMILES string of the molecule is O=C(NCCOCCOCCNC(=O)C1CC2C=CC21)c1cccc(-c2cc(Nc3ccc(OC(F)(F)F)cc3)ncn2)c1. The summed E-state index contributed by atoms with van der Waals surface area (Å²) in [5, 5.41) is 8.74. The van der Waals surface area contributed by atoms with Gasteiger partial charge in [-0.25, -0.2) is 9.97 Å². The van der Waals surface area contributed by atoms with Crippen LogP contribution in [-0.4, -0.2) is 67.7 Å². The van der Waals surface area contributed by atoms with Crippen LogP contribution < -0.4 is 20.7 Å². The Bertz CT molecular complexity index is 1470. The van der Waals surface area contributed by atoms with Gasteiger partial charge in [-0.1, -0.05) is 24.3 Å². The number of amides is 2. The van der Waals surface area contributed by atoms with Crippen molar-refractivity contribution in [3.05, 3.63) is 78.6 Å². The largest absolute Gasteiger partial charge is 0.573 e. The molecule has 2 aliphatic rings. The molecular weight excluding hydrogens is 579 g/mol. The Hall–Kier alpha value is -4.49. The van der Waals surface area contributed by atoms with Crippen molar-refractivity contribution in [3.63, 3.8) is 0 Å². The smallest absolute Gasteiger partial charge is 0.406 e. The summed E-state index contributed by atoms with van der Waals surface area (Å²) in [6.07, 6.45) is 1.80. The van der Waals surface area contributed by atoms with E-state index < -0.39 is 6.36 Å². The lowest BCUT2D eigenvalue weighted by Crippen LogP contribution is -2.48. The lowest BCUT2D eigenvalue weighted by Gasteiger charge is -2.46. The summed E-state index contributed by atoms with van der Waals surface area (Å²) in [4.78, 5) is 33.2. The summed E-state index contributed by atoms with van der Waals surface area (Å²) < 4.78 is 52.0. The van der Waals surface area contributed by atoms with Gasteiger partial charge in [-0.3, -0.25) is 9.59 Å². The van der Waals surface area contributed by atoms with Gasteiger partial charge in [0.1, 0.15) is 17.9 Å². The molecule has 3 aromatic rings. The van der Waals surface area contributed by atoms with E-state index in [1.165, 1.54) is 30.6 Å². The maximum atomic E-state index is 12.7. The van der Waals surface area contributed by atoms with Crippen molar-refractivity contribution in [3.8, 4) is 17.0 Å². The molecule has 2 aliphatic carbocycles. The summed E-state index contributed by atoms with van der Waals surface area (Å²) in [5.74, 6) is 1.06. The molecule has 0 spiro atoms. The Labute approximate surface area is 252 Å². The average Bonchev–Trinajstić information content (AvgIpc) is 2.99. The van der Waals surface area contributed by atoms with Crippen molar-refractivity contribution in [2.75, 3.05) is 44.8 Å². The maximum absolute atomic E-state index is 12.7. The molecule has 1 fully saturated rings. The van der Waals surface area contributed by atoms with Gasteiger partial charge in [-0.15, -0.1) is 13.2 Å². The average molecular weight is 612 g/mol. The Balaban J connectivity index is 0.986. The number of anilines is 2. The lowest BCUT2D eigenvalue weighted by molar-refractivity contribution is -0.274. The zero-order valence-electron chi connectivity index (χ0n) is 23.7. The number of carbonyl (C=O) groups excluding carboxylic acids is 2. The van der Waals surface area contributed by atoms with Crippen LogP contribution >= 0.6 is 0 Å². The van der Waals surface area contributed by atoms with Gasteiger partial charge in [0, 0.05) is 41.9 Å². The molecule has 3 atom stereocenters. The Morgan fingerprint density at radius 3 is 2.30 bits per heavy atom. The number of carbonyl (C=O) groups is 2. The minimum Gasteiger partial charge on any atom is -0.406 e. The normalized spacial score (nSPS) is 18.4. The third-order valence-corrected chi connectivity index (χ3v) is 7.30. The lowest BCUT2D eigenvalue weighted by atomic mass is 9.58. The van der Waals surface area contributed by atoms with Crippen molar-refractivity contribution in [2.24, 2.45) is 17.8 Å². The van der Waals surface area contributed by atoms with Crippen LogP contribution in [-0.2, 0) is 14.3 Å². The highest BCUT2D eigenvalue weighted by molar-refractivity contribution is 5.95. The molecule has 232 valence electrons. The summed E-state index contributed by atoms with van der Waals surface area (Å²) in [6, 6.07) is 13.8. The van der Waals surface area contributed by atoms with Crippen LogP contribution in [0.2, 0.25) is 0 Å². The van der Waals surface area contributed by atoms with Crippen LogP contribution in [0.1, 0.15) is 16.8 Å². The van der Waals surface area contributed by atoms with Gasteiger partial charge in [0.15, 0.2) is 0 Å². The molecule has 2 aromatic carbocycles.